The summed E-state index contributed by atoms with van der Waals surface area (Å²) < 4.78 is 9.79. The van der Waals surface area contributed by atoms with Gasteiger partial charge in [0.1, 0.15) is 6.61 Å². The Morgan fingerprint density at radius 2 is 1.14 bits per heavy atom. The summed E-state index contributed by atoms with van der Waals surface area (Å²) in [7, 11) is 0. The second-order valence-electron chi connectivity index (χ2n) is 8.79. The Morgan fingerprint density at radius 3 is 1.49 bits per heavy atom. The summed E-state index contributed by atoms with van der Waals surface area (Å²) in [4.78, 5) is 31.6. The number of ether oxygens (including phenoxy) is 2. The maximum atomic E-state index is 11.1. The van der Waals surface area contributed by atoms with Crippen LogP contribution in [0.3, 0.4) is 0 Å². The van der Waals surface area contributed by atoms with Gasteiger partial charge in [0.05, 0.1) is 6.61 Å². The summed E-state index contributed by atoms with van der Waals surface area (Å²) >= 11 is 0. The summed E-state index contributed by atoms with van der Waals surface area (Å²) in [6.07, 6.45) is 13.0. The van der Waals surface area contributed by atoms with Gasteiger partial charge in [0.2, 0.25) is 0 Å². The molecule has 7 heteroatoms. The number of carboxylic acids is 1. The Labute approximate surface area is 213 Å². The van der Waals surface area contributed by atoms with Crippen LogP contribution in [0.1, 0.15) is 98.8 Å². The molecule has 0 fully saturated rings. The number of carbonyl (C=O) groups excluding carboxylic acids is 2. The van der Waals surface area contributed by atoms with Crippen LogP contribution in [-0.4, -0.2) is 42.8 Å². The smallest absolute Gasteiger partial charge is 0.333 e. The molecular weight excluding hydrogens is 446 g/mol. The van der Waals surface area contributed by atoms with Crippen LogP contribution in [-0.2, 0) is 23.9 Å². The predicted octanol–water partition coefficient (Wildman–Crippen LogP) is 6.37. The van der Waals surface area contributed by atoms with Crippen LogP contribution < -0.4 is 5.73 Å². The zero-order chi connectivity index (χ0) is 27.6. The van der Waals surface area contributed by atoms with Crippen molar-refractivity contribution >= 4 is 17.9 Å². The van der Waals surface area contributed by atoms with Crippen LogP contribution in [0.4, 0.5) is 0 Å². The molecule has 0 radical (unpaired) electrons. The quantitative estimate of drug-likeness (QED) is 0.136. The van der Waals surface area contributed by atoms with Crippen molar-refractivity contribution in [1.82, 2.24) is 0 Å². The Hall–Kier alpha value is -2.41. The normalized spacial score (nSPS) is 9.69. The fourth-order valence-corrected chi connectivity index (χ4v) is 2.36. The van der Waals surface area contributed by atoms with Gasteiger partial charge in [-0.25, -0.2) is 14.4 Å². The average molecular weight is 498 g/mol. The van der Waals surface area contributed by atoms with Gasteiger partial charge in [0.15, 0.2) is 0 Å². The summed E-state index contributed by atoms with van der Waals surface area (Å²) in [6.45, 7) is 20.6. The summed E-state index contributed by atoms with van der Waals surface area (Å²) in [5, 5.41) is 7.89. The van der Waals surface area contributed by atoms with Gasteiger partial charge in [-0.05, 0) is 26.2 Å². The van der Waals surface area contributed by atoms with Gasteiger partial charge in [-0.15, -0.1) is 0 Å². The molecule has 0 atom stereocenters. The van der Waals surface area contributed by atoms with Crippen molar-refractivity contribution in [3.05, 3.63) is 36.5 Å². The van der Waals surface area contributed by atoms with E-state index in [1.54, 1.807) is 6.92 Å². The minimum absolute atomic E-state index is 0.139. The average Bonchev–Trinajstić information content (AvgIpc) is 2.80. The molecule has 0 unspecified atom stereocenters. The number of rotatable bonds is 17. The molecule has 0 bridgehead atoms. The Morgan fingerprint density at radius 1 is 0.743 bits per heavy atom. The molecular formula is C28H51NO6. The zero-order valence-electron chi connectivity index (χ0n) is 23.0. The molecule has 7 nitrogen and oxygen atoms in total. The van der Waals surface area contributed by atoms with Crippen LogP contribution in [0.2, 0.25) is 0 Å². The molecule has 0 aromatic rings. The molecule has 35 heavy (non-hydrogen) atoms. The number of esters is 2. The molecule has 0 saturated carbocycles. The van der Waals surface area contributed by atoms with Crippen molar-refractivity contribution in [2.45, 2.75) is 98.8 Å². The molecule has 0 aromatic carbocycles. The third kappa shape index (κ3) is 29.6. The van der Waals surface area contributed by atoms with Crippen molar-refractivity contribution in [3.8, 4) is 0 Å². The highest BCUT2D eigenvalue weighted by atomic mass is 16.5. The first-order valence-corrected chi connectivity index (χ1v) is 12.7. The predicted molar refractivity (Wildman–Crippen MR) is 144 cm³/mol. The van der Waals surface area contributed by atoms with Crippen molar-refractivity contribution in [3.63, 3.8) is 0 Å². The van der Waals surface area contributed by atoms with E-state index in [1.165, 1.54) is 64.7 Å². The van der Waals surface area contributed by atoms with Gasteiger partial charge in [0.25, 0.3) is 0 Å². The number of aliphatic carboxylic acids is 1. The minimum atomic E-state index is -0.935. The van der Waals surface area contributed by atoms with E-state index in [4.69, 9.17) is 20.3 Å². The second kappa shape index (κ2) is 26.2. The van der Waals surface area contributed by atoms with Gasteiger partial charge in [-0.3, -0.25) is 0 Å². The summed E-state index contributed by atoms with van der Waals surface area (Å²) in [5.74, 6) is -1.40. The molecule has 0 saturated heterocycles. The van der Waals surface area contributed by atoms with E-state index in [0.29, 0.717) is 24.3 Å². The number of nitrogens with two attached hydrogens (primary N) is 1. The first-order chi connectivity index (χ1) is 16.4. The number of hydrogen-bond donors (Lipinski definition) is 2. The minimum Gasteiger partial charge on any atom is -0.478 e. The third-order valence-electron chi connectivity index (χ3n) is 4.75. The van der Waals surface area contributed by atoms with E-state index in [9.17, 15) is 14.4 Å². The summed E-state index contributed by atoms with van der Waals surface area (Å²) in [6, 6.07) is 0. The SMILES string of the molecule is C=C(C(=O)OCCN)C(C)C.C=C(C)C(=O)O.C=C(C)C(=O)OCCCCCCCCCCCC. The van der Waals surface area contributed by atoms with Crippen molar-refractivity contribution in [2.24, 2.45) is 11.7 Å². The molecule has 0 aromatic heterocycles. The van der Waals surface area contributed by atoms with Crippen LogP contribution in [0.25, 0.3) is 0 Å². The Balaban J connectivity index is -0.000000509. The van der Waals surface area contributed by atoms with Crippen LogP contribution in [0, 0.1) is 5.92 Å². The topological polar surface area (TPSA) is 116 Å². The largest absolute Gasteiger partial charge is 0.478 e. The van der Waals surface area contributed by atoms with E-state index < -0.39 is 5.97 Å². The highest BCUT2D eigenvalue weighted by Gasteiger charge is 2.10. The van der Waals surface area contributed by atoms with E-state index in [2.05, 4.69) is 26.7 Å². The lowest BCUT2D eigenvalue weighted by molar-refractivity contribution is -0.140. The number of hydrogen-bond acceptors (Lipinski definition) is 6. The van der Waals surface area contributed by atoms with Gasteiger partial charge in [-0.2, -0.15) is 0 Å². The maximum Gasteiger partial charge on any atom is 0.333 e. The zero-order valence-corrected chi connectivity index (χ0v) is 23.0. The number of carboxylic acid groups (broad SMARTS) is 1. The van der Waals surface area contributed by atoms with Gasteiger partial charge in [-0.1, -0.05) is 98.3 Å². The van der Waals surface area contributed by atoms with E-state index in [0.717, 1.165) is 6.42 Å². The second-order valence-corrected chi connectivity index (χ2v) is 8.79. The first-order valence-electron chi connectivity index (χ1n) is 12.7. The molecule has 0 heterocycles. The molecule has 204 valence electrons. The number of carbonyl (C=O) groups is 3. The van der Waals surface area contributed by atoms with Crippen molar-refractivity contribution < 1.29 is 29.0 Å². The molecule has 0 aliphatic rings. The van der Waals surface area contributed by atoms with E-state index in [-0.39, 0.29) is 30.0 Å². The molecule has 0 spiro atoms. The molecule has 0 aliphatic carbocycles. The van der Waals surface area contributed by atoms with Crippen molar-refractivity contribution in [1.29, 1.82) is 0 Å². The van der Waals surface area contributed by atoms with Crippen LogP contribution >= 0.6 is 0 Å². The lowest BCUT2D eigenvalue weighted by Crippen LogP contribution is -2.16. The molecule has 0 amide bonds. The van der Waals surface area contributed by atoms with Gasteiger partial charge in [0, 0.05) is 23.3 Å². The van der Waals surface area contributed by atoms with Gasteiger partial charge >= 0.3 is 17.9 Å². The summed E-state index contributed by atoms with van der Waals surface area (Å²) in [5.41, 5.74) is 6.31. The highest BCUT2D eigenvalue weighted by Crippen LogP contribution is 2.10. The highest BCUT2D eigenvalue weighted by molar-refractivity contribution is 5.88. The van der Waals surface area contributed by atoms with Crippen molar-refractivity contribution in [2.75, 3.05) is 19.8 Å². The fourth-order valence-electron chi connectivity index (χ4n) is 2.36. The standard InChI is InChI=1S/C16H30O2.C8H15NO2.C4H6O2/c1-4-5-6-7-8-9-10-11-12-13-14-18-16(17)15(2)3;1-6(2)7(3)8(10)11-5-4-9;1-3(2)4(5)6/h2,4-14H2,1,3H3;6H,3-5,9H2,1-2H3;1H2,2H3,(H,5,6). The fraction of sp³-hybridized carbons (Fsp3) is 0.679. The lowest BCUT2D eigenvalue weighted by Gasteiger charge is -2.07. The maximum absolute atomic E-state index is 11.1. The molecule has 0 aliphatic heterocycles. The van der Waals surface area contributed by atoms with E-state index >= 15 is 0 Å². The van der Waals surface area contributed by atoms with E-state index in [1.807, 2.05) is 13.8 Å². The monoisotopic (exact) mass is 497 g/mol. The van der Waals surface area contributed by atoms with Gasteiger partial charge < -0.3 is 20.3 Å². The lowest BCUT2D eigenvalue weighted by atomic mass is 10.1. The molecule has 3 N–H and O–H groups in total. The Kier molecular flexibility index (Phi) is 27.8. The Bertz CT molecular complexity index is 613. The third-order valence-corrected chi connectivity index (χ3v) is 4.75. The first kappa shape index (κ1) is 37.1. The molecule has 0 rings (SSSR count). The number of unbranched alkanes of at least 4 members (excludes halogenated alkanes) is 9. The van der Waals surface area contributed by atoms with Crippen LogP contribution in [0.5, 0.6) is 0 Å². The van der Waals surface area contributed by atoms with Crippen LogP contribution in [0.15, 0.2) is 36.5 Å².